The molecule has 0 bridgehead atoms. The second-order valence-electron chi connectivity index (χ2n) is 3.56. The highest BCUT2D eigenvalue weighted by molar-refractivity contribution is 6.41. The largest absolute Gasteiger partial charge is 0.477 e. The van der Waals surface area contributed by atoms with Crippen LogP contribution in [0, 0.1) is 6.92 Å². The third-order valence-electron chi connectivity index (χ3n) is 2.36. The van der Waals surface area contributed by atoms with Crippen molar-refractivity contribution in [2.24, 2.45) is 0 Å². The molecule has 0 amide bonds. The number of fused-ring (bicyclic) bond motifs is 1. The lowest BCUT2D eigenvalue weighted by Gasteiger charge is -2.11. The molecule has 2 rings (SSSR count). The van der Waals surface area contributed by atoms with Crippen LogP contribution in [0.15, 0.2) is 29.1 Å². The molecule has 0 aliphatic carbocycles. The number of hydrogen-bond donors (Lipinski definition) is 1. The number of carboxylic acids is 1. The highest BCUT2D eigenvalue weighted by Gasteiger charge is 2.28. The normalized spacial score (nSPS) is 16.8. The average Bonchev–Trinajstić information content (AvgIpc) is 2.54. The lowest BCUT2D eigenvalue weighted by atomic mass is 10.2. The highest BCUT2D eigenvalue weighted by atomic mass is 35.5. The van der Waals surface area contributed by atoms with Gasteiger partial charge >= 0.3 is 5.97 Å². The first-order valence-corrected chi connectivity index (χ1v) is 5.04. The second-order valence-corrected chi connectivity index (χ2v) is 3.93. The maximum atomic E-state index is 10.8. The highest BCUT2D eigenvalue weighted by Crippen LogP contribution is 2.39. The molecule has 0 radical (unpaired) electrons. The van der Waals surface area contributed by atoms with Crippen LogP contribution in [0.25, 0.3) is 0 Å². The second kappa shape index (κ2) is 3.72. The van der Waals surface area contributed by atoms with Crippen LogP contribution >= 0.6 is 11.6 Å². The van der Waals surface area contributed by atoms with Gasteiger partial charge in [0.2, 0.25) is 5.88 Å². The molecule has 0 fully saturated rings. The molecule has 1 aromatic rings. The summed E-state index contributed by atoms with van der Waals surface area (Å²) >= 11 is 5.66. The first kappa shape index (κ1) is 10.8. The van der Waals surface area contributed by atoms with Crippen molar-refractivity contribution < 1.29 is 14.6 Å². The van der Waals surface area contributed by atoms with Crippen molar-refractivity contribution in [2.75, 3.05) is 11.9 Å². The Balaban J connectivity index is 2.49. The van der Waals surface area contributed by atoms with Crippen LogP contribution in [-0.4, -0.2) is 18.1 Å². The maximum Gasteiger partial charge on any atom is 0.352 e. The molecule has 0 unspecified atom stereocenters. The summed E-state index contributed by atoms with van der Waals surface area (Å²) in [7, 11) is 1.71. The Bertz CT molecular complexity index is 496. The molecule has 1 aliphatic heterocycles. The predicted molar refractivity (Wildman–Crippen MR) is 60.7 cm³/mol. The maximum absolute atomic E-state index is 10.8. The molecule has 0 saturated heterocycles. The molecule has 0 aromatic heterocycles. The number of anilines is 1. The van der Waals surface area contributed by atoms with E-state index in [4.69, 9.17) is 21.4 Å². The molecular formula is C11H10ClNO3. The van der Waals surface area contributed by atoms with Crippen molar-refractivity contribution in [1.29, 1.82) is 0 Å². The van der Waals surface area contributed by atoms with Crippen molar-refractivity contribution in [2.45, 2.75) is 6.92 Å². The zero-order chi connectivity index (χ0) is 11.9. The Labute approximate surface area is 97.7 Å². The van der Waals surface area contributed by atoms with E-state index in [1.54, 1.807) is 11.9 Å². The van der Waals surface area contributed by atoms with Crippen LogP contribution in [0.1, 0.15) is 5.56 Å². The molecular weight excluding hydrogens is 230 g/mol. The Morgan fingerprint density at radius 1 is 1.50 bits per heavy atom. The topological polar surface area (TPSA) is 49.8 Å². The lowest BCUT2D eigenvalue weighted by molar-refractivity contribution is -0.132. The van der Waals surface area contributed by atoms with Gasteiger partial charge in [-0.25, -0.2) is 4.79 Å². The van der Waals surface area contributed by atoms with E-state index < -0.39 is 5.97 Å². The molecule has 0 spiro atoms. The van der Waals surface area contributed by atoms with Crippen LogP contribution in [0.5, 0.6) is 5.75 Å². The van der Waals surface area contributed by atoms with Crippen molar-refractivity contribution in [3.05, 3.63) is 34.7 Å². The fourth-order valence-corrected chi connectivity index (χ4v) is 1.71. The Morgan fingerprint density at radius 2 is 2.19 bits per heavy atom. The van der Waals surface area contributed by atoms with Gasteiger partial charge in [-0.15, -0.1) is 0 Å². The molecule has 16 heavy (non-hydrogen) atoms. The molecule has 84 valence electrons. The zero-order valence-corrected chi connectivity index (χ0v) is 9.58. The minimum absolute atomic E-state index is 0.148. The van der Waals surface area contributed by atoms with E-state index >= 15 is 0 Å². The summed E-state index contributed by atoms with van der Waals surface area (Å²) in [6.07, 6.45) is 0. The van der Waals surface area contributed by atoms with E-state index in [2.05, 4.69) is 0 Å². The van der Waals surface area contributed by atoms with Crippen molar-refractivity contribution in [1.82, 2.24) is 0 Å². The van der Waals surface area contributed by atoms with E-state index in [-0.39, 0.29) is 10.9 Å². The van der Waals surface area contributed by atoms with Crippen molar-refractivity contribution >= 4 is 23.3 Å². The van der Waals surface area contributed by atoms with Crippen molar-refractivity contribution in [3.8, 4) is 5.75 Å². The van der Waals surface area contributed by atoms with Gasteiger partial charge in [-0.3, -0.25) is 0 Å². The lowest BCUT2D eigenvalue weighted by Crippen LogP contribution is -2.17. The fraction of sp³-hybridized carbons (Fsp3) is 0.182. The third kappa shape index (κ3) is 1.61. The number of aryl methyl sites for hydroxylation is 1. The molecule has 4 nitrogen and oxygen atoms in total. The summed E-state index contributed by atoms with van der Waals surface area (Å²) in [5.41, 5.74) is 1.85. The van der Waals surface area contributed by atoms with Gasteiger partial charge in [-0.05, 0) is 24.6 Å². The smallest absolute Gasteiger partial charge is 0.352 e. The van der Waals surface area contributed by atoms with Gasteiger partial charge in [-0.2, -0.15) is 0 Å². The minimum Gasteiger partial charge on any atom is -0.477 e. The predicted octanol–water partition coefficient (Wildman–Crippen LogP) is 2.32. The van der Waals surface area contributed by atoms with E-state index in [0.717, 1.165) is 11.3 Å². The first-order valence-electron chi connectivity index (χ1n) is 4.66. The van der Waals surface area contributed by atoms with E-state index in [0.29, 0.717) is 5.75 Å². The number of halogens is 1. The molecule has 0 saturated carbocycles. The average molecular weight is 240 g/mol. The fourth-order valence-electron chi connectivity index (χ4n) is 1.55. The number of carboxylic acid groups (broad SMARTS) is 1. The summed E-state index contributed by atoms with van der Waals surface area (Å²) in [6.45, 7) is 1.93. The Hall–Kier alpha value is -1.68. The van der Waals surface area contributed by atoms with Gasteiger partial charge in [0, 0.05) is 7.05 Å². The van der Waals surface area contributed by atoms with Gasteiger partial charge in [0.25, 0.3) is 0 Å². The molecule has 1 N–H and O–H groups in total. The first-order chi connectivity index (χ1) is 7.50. The van der Waals surface area contributed by atoms with Crippen LogP contribution < -0.4 is 9.64 Å². The van der Waals surface area contributed by atoms with Crippen molar-refractivity contribution in [3.63, 3.8) is 0 Å². The molecule has 0 atom stereocenters. The zero-order valence-electron chi connectivity index (χ0n) is 8.82. The Morgan fingerprint density at radius 3 is 2.81 bits per heavy atom. The number of nitrogens with zero attached hydrogens (tertiary/aromatic N) is 1. The minimum atomic E-state index is -1.20. The van der Waals surface area contributed by atoms with Gasteiger partial charge in [0.15, 0.2) is 10.8 Å². The van der Waals surface area contributed by atoms with Crippen LogP contribution in [0.3, 0.4) is 0 Å². The summed E-state index contributed by atoms with van der Waals surface area (Å²) in [6, 6.07) is 5.63. The van der Waals surface area contributed by atoms with Gasteiger partial charge in [0.1, 0.15) is 0 Å². The van der Waals surface area contributed by atoms with Gasteiger partial charge in [-0.1, -0.05) is 17.7 Å². The number of benzene rings is 1. The molecule has 1 heterocycles. The van der Waals surface area contributed by atoms with E-state index in [1.165, 1.54) is 0 Å². The number of hydrogen-bond acceptors (Lipinski definition) is 3. The monoisotopic (exact) mass is 239 g/mol. The SMILES string of the molecule is Cc1ccc2c(c1)OC(=C(Cl)C(=O)O)N2C. The standard InChI is InChI=1S/C11H10ClNO3/c1-6-3-4-7-8(5-6)16-10(13(7)2)9(12)11(14)15/h3-5H,1-2H3,(H,14,15). The molecule has 1 aliphatic rings. The Kier molecular flexibility index (Phi) is 2.52. The summed E-state index contributed by atoms with van der Waals surface area (Å²) in [4.78, 5) is 12.4. The third-order valence-corrected chi connectivity index (χ3v) is 2.69. The number of ether oxygens (including phenoxy) is 1. The van der Waals surface area contributed by atoms with Crippen LogP contribution in [0.4, 0.5) is 5.69 Å². The van der Waals surface area contributed by atoms with E-state index in [1.807, 2.05) is 25.1 Å². The summed E-state index contributed by atoms with van der Waals surface area (Å²) in [5, 5.41) is 8.47. The molecule has 1 aromatic carbocycles. The number of aliphatic carboxylic acids is 1. The summed E-state index contributed by atoms with van der Waals surface area (Å²) in [5.74, 6) is -0.431. The number of carbonyl (C=O) groups is 1. The number of rotatable bonds is 1. The quantitative estimate of drug-likeness (QED) is 0.764. The van der Waals surface area contributed by atoms with Crippen LogP contribution in [-0.2, 0) is 4.79 Å². The van der Waals surface area contributed by atoms with E-state index in [9.17, 15) is 4.79 Å². The van der Waals surface area contributed by atoms with Gasteiger partial charge < -0.3 is 14.7 Å². The summed E-state index contributed by atoms with van der Waals surface area (Å²) < 4.78 is 5.42. The van der Waals surface area contributed by atoms with Gasteiger partial charge in [0.05, 0.1) is 5.69 Å². The van der Waals surface area contributed by atoms with Crippen LogP contribution in [0.2, 0.25) is 0 Å². The molecule has 5 heteroatoms.